The number of rotatable bonds is 4. The zero-order valence-electron chi connectivity index (χ0n) is 12.2. The molecule has 2 N–H and O–H groups in total. The topological polar surface area (TPSA) is 62.7 Å². The number of guanidine groups is 1. The van der Waals surface area contributed by atoms with Crippen molar-refractivity contribution in [2.45, 2.75) is 45.1 Å². The molecule has 0 aromatic heterocycles. The lowest BCUT2D eigenvalue weighted by Gasteiger charge is -2.37. The van der Waals surface area contributed by atoms with Gasteiger partial charge in [-0.2, -0.15) is 0 Å². The molecule has 19 heavy (non-hydrogen) atoms. The smallest absolute Gasteiger partial charge is 0.252 e. The van der Waals surface area contributed by atoms with Gasteiger partial charge in [0.15, 0.2) is 5.96 Å². The highest BCUT2D eigenvalue weighted by molar-refractivity contribution is 6.09. The molecule has 1 spiro atoms. The van der Waals surface area contributed by atoms with E-state index in [1.165, 1.54) is 6.42 Å². The lowest BCUT2D eigenvalue weighted by molar-refractivity contribution is -0.125. The van der Waals surface area contributed by atoms with E-state index in [0.717, 1.165) is 19.3 Å². The Morgan fingerprint density at radius 3 is 3.00 bits per heavy atom. The van der Waals surface area contributed by atoms with Crippen molar-refractivity contribution in [3.63, 3.8) is 0 Å². The van der Waals surface area contributed by atoms with Gasteiger partial charge in [-0.1, -0.05) is 20.3 Å². The minimum absolute atomic E-state index is 0.0917. The fraction of sp³-hybridized carbons (Fsp3) is 0.857. The molecule has 2 fully saturated rings. The Labute approximate surface area is 115 Å². The second-order valence-electron chi connectivity index (χ2n) is 5.98. The van der Waals surface area contributed by atoms with E-state index < -0.39 is 5.54 Å². The molecule has 2 aliphatic rings. The van der Waals surface area contributed by atoms with E-state index in [9.17, 15) is 4.79 Å². The fourth-order valence-electron chi connectivity index (χ4n) is 3.08. The molecule has 1 aliphatic heterocycles. The summed E-state index contributed by atoms with van der Waals surface area (Å²) in [6.45, 7) is 5.62. The lowest BCUT2D eigenvalue weighted by Crippen LogP contribution is -2.51. The largest absolute Gasteiger partial charge is 0.383 e. The Balaban J connectivity index is 2.03. The SMILES string of the molecule is COCCN=C1NC(=O)C2(CCCC(C(C)C)C2)N1. The van der Waals surface area contributed by atoms with Gasteiger partial charge in [-0.3, -0.25) is 15.1 Å². The number of methoxy groups -OCH3 is 1. The molecule has 1 amide bonds. The first kappa shape index (κ1) is 14.3. The average molecular weight is 267 g/mol. The van der Waals surface area contributed by atoms with Crippen LogP contribution in [0.2, 0.25) is 0 Å². The third-order valence-electron chi connectivity index (χ3n) is 4.32. The summed E-state index contributed by atoms with van der Waals surface area (Å²) in [7, 11) is 1.65. The molecule has 108 valence electrons. The summed E-state index contributed by atoms with van der Waals surface area (Å²) in [6.07, 6.45) is 4.16. The monoisotopic (exact) mass is 267 g/mol. The Bertz CT molecular complexity index is 368. The van der Waals surface area contributed by atoms with Gasteiger partial charge in [-0.25, -0.2) is 0 Å². The summed E-state index contributed by atoms with van der Waals surface area (Å²) in [4.78, 5) is 16.6. The summed E-state index contributed by atoms with van der Waals surface area (Å²) in [5.74, 6) is 1.95. The van der Waals surface area contributed by atoms with Gasteiger partial charge in [0.05, 0.1) is 13.2 Å². The van der Waals surface area contributed by atoms with Crippen molar-refractivity contribution in [1.82, 2.24) is 10.6 Å². The summed E-state index contributed by atoms with van der Waals surface area (Å²) in [5.41, 5.74) is -0.418. The molecule has 0 aromatic carbocycles. The summed E-state index contributed by atoms with van der Waals surface area (Å²) in [5, 5.41) is 6.21. The van der Waals surface area contributed by atoms with Gasteiger partial charge < -0.3 is 10.1 Å². The van der Waals surface area contributed by atoms with E-state index in [4.69, 9.17) is 4.74 Å². The second-order valence-corrected chi connectivity index (χ2v) is 5.98. The number of aliphatic imine (C=N–C) groups is 1. The van der Waals surface area contributed by atoms with Gasteiger partial charge >= 0.3 is 0 Å². The Hall–Kier alpha value is -1.10. The van der Waals surface area contributed by atoms with Crippen LogP contribution in [-0.4, -0.2) is 37.7 Å². The molecule has 5 heteroatoms. The molecule has 0 radical (unpaired) electrons. The molecule has 1 aliphatic carbocycles. The number of ether oxygens (including phenoxy) is 1. The highest BCUT2D eigenvalue weighted by atomic mass is 16.5. The minimum Gasteiger partial charge on any atom is -0.383 e. The third kappa shape index (κ3) is 3.08. The van der Waals surface area contributed by atoms with Crippen LogP contribution in [0.25, 0.3) is 0 Å². The standard InChI is InChI=1S/C14H25N3O2/c1-10(2)11-5-4-6-14(9-11)12(18)16-13(17-14)15-7-8-19-3/h10-11H,4-9H2,1-3H3,(H2,15,16,17,18). The van der Waals surface area contributed by atoms with E-state index in [-0.39, 0.29) is 5.91 Å². The molecule has 2 atom stereocenters. The van der Waals surface area contributed by atoms with Gasteiger partial charge in [-0.05, 0) is 31.1 Å². The van der Waals surface area contributed by atoms with E-state index in [2.05, 4.69) is 29.5 Å². The highest BCUT2D eigenvalue weighted by Gasteiger charge is 2.48. The maximum absolute atomic E-state index is 12.3. The summed E-state index contributed by atoms with van der Waals surface area (Å²) >= 11 is 0. The molecule has 1 saturated carbocycles. The van der Waals surface area contributed by atoms with Gasteiger partial charge in [-0.15, -0.1) is 0 Å². The maximum atomic E-state index is 12.3. The lowest BCUT2D eigenvalue weighted by atomic mass is 9.72. The van der Waals surface area contributed by atoms with Crippen LogP contribution in [0.5, 0.6) is 0 Å². The summed E-state index contributed by atoms with van der Waals surface area (Å²) in [6, 6.07) is 0. The molecule has 1 saturated heterocycles. The molecule has 0 aromatic rings. The first-order valence-corrected chi connectivity index (χ1v) is 7.20. The van der Waals surface area contributed by atoms with Crippen LogP contribution in [0, 0.1) is 11.8 Å². The average Bonchev–Trinajstić information content (AvgIpc) is 2.66. The van der Waals surface area contributed by atoms with Gasteiger partial charge in [0.25, 0.3) is 5.91 Å². The quantitative estimate of drug-likeness (QED) is 0.755. The molecular formula is C14H25N3O2. The van der Waals surface area contributed by atoms with Crippen LogP contribution in [0.1, 0.15) is 39.5 Å². The molecule has 0 bridgehead atoms. The van der Waals surface area contributed by atoms with Crippen LogP contribution in [0.4, 0.5) is 0 Å². The Kier molecular flexibility index (Phi) is 4.45. The van der Waals surface area contributed by atoms with Crippen molar-refractivity contribution in [3.8, 4) is 0 Å². The number of hydrogen-bond donors (Lipinski definition) is 2. The van der Waals surface area contributed by atoms with Crippen molar-refractivity contribution in [1.29, 1.82) is 0 Å². The van der Waals surface area contributed by atoms with Crippen LogP contribution >= 0.6 is 0 Å². The van der Waals surface area contributed by atoms with Crippen molar-refractivity contribution in [2.24, 2.45) is 16.8 Å². The number of carbonyl (C=O) groups excluding carboxylic acids is 1. The Morgan fingerprint density at radius 2 is 2.32 bits per heavy atom. The highest BCUT2D eigenvalue weighted by Crippen LogP contribution is 2.37. The van der Waals surface area contributed by atoms with Gasteiger partial charge in [0, 0.05) is 7.11 Å². The molecule has 2 unspecified atom stereocenters. The van der Waals surface area contributed by atoms with E-state index in [1.807, 2.05) is 0 Å². The third-order valence-corrected chi connectivity index (χ3v) is 4.32. The first-order chi connectivity index (χ1) is 9.07. The van der Waals surface area contributed by atoms with Crippen LogP contribution in [-0.2, 0) is 9.53 Å². The number of amides is 1. The van der Waals surface area contributed by atoms with Crippen molar-refractivity contribution < 1.29 is 9.53 Å². The van der Waals surface area contributed by atoms with E-state index in [0.29, 0.717) is 30.9 Å². The normalized spacial score (nSPS) is 32.9. The van der Waals surface area contributed by atoms with Crippen molar-refractivity contribution in [2.75, 3.05) is 20.3 Å². The molecule has 5 nitrogen and oxygen atoms in total. The first-order valence-electron chi connectivity index (χ1n) is 7.20. The van der Waals surface area contributed by atoms with Gasteiger partial charge in [0.1, 0.15) is 5.54 Å². The number of hydrogen-bond acceptors (Lipinski definition) is 3. The number of nitrogens with zero attached hydrogens (tertiary/aromatic N) is 1. The minimum atomic E-state index is -0.418. The molecular weight excluding hydrogens is 242 g/mol. The second kappa shape index (κ2) is 5.90. The Morgan fingerprint density at radius 1 is 1.53 bits per heavy atom. The van der Waals surface area contributed by atoms with Crippen molar-refractivity contribution >= 4 is 11.9 Å². The molecule has 1 heterocycles. The van der Waals surface area contributed by atoms with E-state index in [1.54, 1.807) is 7.11 Å². The number of carbonyl (C=O) groups is 1. The number of nitrogens with one attached hydrogen (secondary N) is 2. The van der Waals surface area contributed by atoms with E-state index >= 15 is 0 Å². The van der Waals surface area contributed by atoms with Crippen molar-refractivity contribution in [3.05, 3.63) is 0 Å². The predicted molar refractivity (Wildman–Crippen MR) is 75.0 cm³/mol. The molecule has 2 rings (SSSR count). The maximum Gasteiger partial charge on any atom is 0.252 e. The summed E-state index contributed by atoms with van der Waals surface area (Å²) < 4.78 is 4.97. The fourth-order valence-corrected chi connectivity index (χ4v) is 3.08. The van der Waals surface area contributed by atoms with Crippen LogP contribution in [0.15, 0.2) is 4.99 Å². The zero-order chi connectivity index (χ0) is 13.9. The van der Waals surface area contributed by atoms with Gasteiger partial charge in [0.2, 0.25) is 0 Å². The zero-order valence-corrected chi connectivity index (χ0v) is 12.2. The predicted octanol–water partition coefficient (Wildman–Crippen LogP) is 1.29. The van der Waals surface area contributed by atoms with Crippen LogP contribution in [0.3, 0.4) is 0 Å². The van der Waals surface area contributed by atoms with Crippen LogP contribution < -0.4 is 10.6 Å².